The van der Waals surface area contributed by atoms with Gasteiger partial charge in [-0.1, -0.05) is 19.1 Å². The summed E-state index contributed by atoms with van der Waals surface area (Å²) >= 11 is 0. The zero-order chi connectivity index (χ0) is 11.5. The molecule has 0 unspecified atom stereocenters. The number of carbonyl (C=O) groups excluding carboxylic acids is 1. The maximum absolute atomic E-state index is 12.1. The Morgan fingerprint density at radius 2 is 2.25 bits per heavy atom. The van der Waals surface area contributed by atoms with Crippen LogP contribution >= 0.6 is 0 Å². The molecule has 1 atom stereocenters. The van der Waals surface area contributed by atoms with Crippen molar-refractivity contribution in [2.75, 3.05) is 7.05 Å². The summed E-state index contributed by atoms with van der Waals surface area (Å²) in [6.07, 6.45) is 2.42. The molecule has 0 spiro atoms. The molecule has 2 aromatic rings. The van der Waals surface area contributed by atoms with Gasteiger partial charge in [0.15, 0.2) is 5.78 Å². The number of hydrogen-bond acceptors (Lipinski definition) is 3. The van der Waals surface area contributed by atoms with Gasteiger partial charge in [-0.3, -0.25) is 4.79 Å². The third-order valence-electron chi connectivity index (χ3n) is 2.81. The predicted molar refractivity (Wildman–Crippen MR) is 63.7 cm³/mol. The van der Waals surface area contributed by atoms with Crippen molar-refractivity contribution in [1.29, 1.82) is 0 Å². The zero-order valence-corrected chi connectivity index (χ0v) is 9.49. The lowest BCUT2D eigenvalue weighted by Gasteiger charge is -2.12. The molecule has 1 aromatic carbocycles. The molecule has 3 nitrogen and oxygen atoms in total. The van der Waals surface area contributed by atoms with Crippen LogP contribution in [0.1, 0.15) is 23.7 Å². The van der Waals surface area contributed by atoms with Crippen LogP contribution < -0.4 is 5.32 Å². The van der Waals surface area contributed by atoms with Gasteiger partial charge in [-0.25, -0.2) is 0 Å². The molecule has 0 fully saturated rings. The van der Waals surface area contributed by atoms with Crippen molar-refractivity contribution in [3.63, 3.8) is 0 Å². The Morgan fingerprint density at radius 3 is 2.94 bits per heavy atom. The molecule has 0 aliphatic rings. The van der Waals surface area contributed by atoms with Crippen LogP contribution in [0.2, 0.25) is 0 Å². The molecule has 1 aromatic heterocycles. The van der Waals surface area contributed by atoms with Crippen molar-refractivity contribution >= 4 is 16.8 Å². The summed E-state index contributed by atoms with van der Waals surface area (Å²) in [5.41, 5.74) is 1.46. The normalized spacial score (nSPS) is 12.9. The van der Waals surface area contributed by atoms with Crippen LogP contribution in [-0.2, 0) is 0 Å². The van der Waals surface area contributed by atoms with E-state index in [1.165, 1.54) is 0 Å². The Bertz CT molecular complexity index is 497. The van der Waals surface area contributed by atoms with Crippen molar-refractivity contribution in [2.45, 2.75) is 19.4 Å². The van der Waals surface area contributed by atoms with E-state index in [1.807, 2.05) is 25.1 Å². The molecule has 3 heteroatoms. The Morgan fingerprint density at radius 1 is 1.44 bits per heavy atom. The Labute approximate surface area is 94.4 Å². The van der Waals surface area contributed by atoms with Crippen LogP contribution in [0.4, 0.5) is 0 Å². The van der Waals surface area contributed by atoms with Gasteiger partial charge >= 0.3 is 0 Å². The molecular formula is C13H15NO2. The van der Waals surface area contributed by atoms with Gasteiger partial charge in [0.05, 0.1) is 12.3 Å². The molecule has 84 valence electrons. The van der Waals surface area contributed by atoms with E-state index in [0.717, 1.165) is 17.4 Å². The quantitative estimate of drug-likeness (QED) is 0.800. The zero-order valence-electron chi connectivity index (χ0n) is 9.49. The lowest BCUT2D eigenvalue weighted by Crippen LogP contribution is -2.33. The summed E-state index contributed by atoms with van der Waals surface area (Å²) < 4.78 is 5.28. The minimum atomic E-state index is -0.118. The average molecular weight is 217 g/mol. The maximum Gasteiger partial charge on any atom is 0.179 e. The van der Waals surface area contributed by atoms with Crippen molar-refractivity contribution in [3.8, 4) is 0 Å². The van der Waals surface area contributed by atoms with Crippen LogP contribution in [0.5, 0.6) is 0 Å². The number of hydrogen-bond donors (Lipinski definition) is 1. The SMILES string of the molecule is CC[C@@H](NC)C(=O)c1ccc2ccoc2c1. The third kappa shape index (κ3) is 1.86. The van der Waals surface area contributed by atoms with E-state index in [2.05, 4.69) is 5.32 Å². The highest BCUT2D eigenvalue weighted by Gasteiger charge is 2.16. The first-order valence-electron chi connectivity index (χ1n) is 5.45. The van der Waals surface area contributed by atoms with Crippen LogP contribution in [0.15, 0.2) is 34.9 Å². The summed E-state index contributed by atoms with van der Waals surface area (Å²) in [5.74, 6) is 0.114. The number of ketones is 1. The van der Waals surface area contributed by atoms with E-state index in [0.29, 0.717) is 5.56 Å². The second-order valence-electron chi connectivity index (χ2n) is 3.79. The van der Waals surface area contributed by atoms with E-state index >= 15 is 0 Å². The van der Waals surface area contributed by atoms with Gasteiger partial charge in [-0.2, -0.15) is 0 Å². The molecule has 1 heterocycles. The third-order valence-corrected chi connectivity index (χ3v) is 2.81. The van der Waals surface area contributed by atoms with E-state index in [9.17, 15) is 4.79 Å². The number of furan rings is 1. The smallest absolute Gasteiger partial charge is 0.179 e. The largest absolute Gasteiger partial charge is 0.464 e. The van der Waals surface area contributed by atoms with Crippen LogP contribution in [0, 0.1) is 0 Å². The standard InChI is InChI=1S/C13H15NO2/c1-3-11(14-2)13(15)10-5-4-9-6-7-16-12(9)8-10/h4-8,11,14H,3H2,1-2H3/t11-/m1/s1. The Balaban J connectivity index is 2.35. The van der Waals surface area contributed by atoms with Gasteiger partial charge < -0.3 is 9.73 Å². The van der Waals surface area contributed by atoms with Gasteiger partial charge in [-0.05, 0) is 25.6 Å². The number of benzene rings is 1. The van der Waals surface area contributed by atoms with Crippen molar-refractivity contribution in [3.05, 3.63) is 36.1 Å². The molecule has 0 aliphatic heterocycles. The molecule has 0 saturated carbocycles. The first-order valence-corrected chi connectivity index (χ1v) is 5.45. The lowest BCUT2D eigenvalue weighted by molar-refractivity contribution is 0.0945. The van der Waals surface area contributed by atoms with Crippen LogP contribution in [0.3, 0.4) is 0 Å². The molecule has 16 heavy (non-hydrogen) atoms. The molecule has 0 amide bonds. The summed E-state index contributed by atoms with van der Waals surface area (Å²) in [4.78, 5) is 12.1. The van der Waals surface area contributed by atoms with Crippen LogP contribution in [0.25, 0.3) is 11.0 Å². The lowest BCUT2D eigenvalue weighted by atomic mass is 10.0. The van der Waals surface area contributed by atoms with E-state index in [-0.39, 0.29) is 11.8 Å². The summed E-state index contributed by atoms with van der Waals surface area (Å²) in [7, 11) is 1.80. The Hall–Kier alpha value is -1.61. The minimum Gasteiger partial charge on any atom is -0.464 e. The summed E-state index contributed by atoms with van der Waals surface area (Å²) in [5, 5.41) is 4.03. The van der Waals surface area contributed by atoms with Gasteiger partial charge in [-0.15, -0.1) is 0 Å². The van der Waals surface area contributed by atoms with Gasteiger partial charge in [0.1, 0.15) is 5.58 Å². The molecule has 1 N–H and O–H groups in total. The Kier molecular flexibility index (Phi) is 3.06. The predicted octanol–water partition coefficient (Wildman–Crippen LogP) is 2.61. The summed E-state index contributed by atoms with van der Waals surface area (Å²) in [6.45, 7) is 1.99. The fourth-order valence-electron chi connectivity index (χ4n) is 1.83. The minimum absolute atomic E-state index is 0.114. The van der Waals surface area contributed by atoms with E-state index in [1.54, 1.807) is 19.4 Å². The number of nitrogens with one attached hydrogen (secondary N) is 1. The molecular weight excluding hydrogens is 202 g/mol. The van der Waals surface area contributed by atoms with Crippen molar-refractivity contribution in [2.24, 2.45) is 0 Å². The summed E-state index contributed by atoms with van der Waals surface area (Å²) in [6, 6.07) is 7.33. The monoisotopic (exact) mass is 217 g/mol. The fraction of sp³-hybridized carbons (Fsp3) is 0.308. The number of fused-ring (bicyclic) bond motifs is 1. The highest BCUT2D eigenvalue weighted by atomic mass is 16.3. The second kappa shape index (κ2) is 4.49. The van der Waals surface area contributed by atoms with E-state index in [4.69, 9.17) is 4.42 Å². The number of carbonyl (C=O) groups is 1. The highest BCUT2D eigenvalue weighted by molar-refractivity contribution is 6.02. The van der Waals surface area contributed by atoms with Gasteiger partial charge in [0.2, 0.25) is 0 Å². The maximum atomic E-state index is 12.1. The molecule has 0 bridgehead atoms. The fourth-order valence-corrected chi connectivity index (χ4v) is 1.83. The van der Waals surface area contributed by atoms with E-state index < -0.39 is 0 Å². The average Bonchev–Trinajstić information content (AvgIpc) is 2.77. The van der Waals surface area contributed by atoms with Gasteiger partial charge in [0, 0.05) is 10.9 Å². The van der Waals surface area contributed by atoms with Gasteiger partial charge in [0.25, 0.3) is 0 Å². The van der Waals surface area contributed by atoms with Crippen molar-refractivity contribution < 1.29 is 9.21 Å². The number of likely N-dealkylation sites (N-methyl/N-ethyl adjacent to an activating group) is 1. The molecule has 0 aliphatic carbocycles. The highest BCUT2D eigenvalue weighted by Crippen LogP contribution is 2.18. The first-order chi connectivity index (χ1) is 7.76. The second-order valence-corrected chi connectivity index (χ2v) is 3.79. The van der Waals surface area contributed by atoms with Crippen molar-refractivity contribution in [1.82, 2.24) is 5.32 Å². The number of Topliss-reactive ketones (excluding diaryl/α,β-unsaturated/α-hetero) is 1. The van der Waals surface area contributed by atoms with Crippen LogP contribution in [-0.4, -0.2) is 18.9 Å². The molecule has 0 saturated heterocycles. The number of rotatable bonds is 4. The molecule has 2 rings (SSSR count). The first kappa shape index (κ1) is 10.9. The molecule has 0 radical (unpaired) electrons. The topological polar surface area (TPSA) is 42.2 Å².